The maximum atomic E-state index is 11.7. The van der Waals surface area contributed by atoms with Crippen molar-refractivity contribution in [3.05, 3.63) is 42.1 Å². The summed E-state index contributed by atoms with van der Waals surface area (Å²) in [6.45, 7) is 3.37. The van der Waals surface area contributed by atoms with Crippen LogP contribution in [0.2, 0.25) is 0 Å². The molecule has 24 heavy (non-hydrogen) atoms. The first-order chi connectivity index (χ1) is 11.7. The van der Waals surface area contributed by atoms with Crippen LogP contribution in [0.4, 0.5) is 11.6 Å². The normalized spacial score (nSPS) is 14.4. The molecule has 0 aliphatic carbocycles. The fraction of sp³-hybridized carbons (Fsp3) is 0.353. The number of methoxy groups -OCH3 is 2. The highest BCUT2D eigenvalue weighted by Gasteiger charge is 2.21. The Balaban J connectivity index is 1.71. The van der Waals surface area contributed by atoms with E-state index in [2.05, 4.69) is 19.8 Å². The zero-order chi connectivity index (χ0) is 16.9. The SMILES string of the molecule is COC(=O)c1ccc(N2CCN(c3ccccn3)CC2)nc1OC. The molecular weight excluding hydrogens is 308 g/mol. The molecule has 1 aliphatic heterocycles. The molecule has 0 spiro atoms. The van der Waals surface area contributed by atoms with Gasteiger partial charge in [-0.25, -0.2) is 9.78 Å². The van der Waals surface area contributed by atoms with Gasteiger partial charge in [-0.3, -0.25) is 0 Å². The molecule has 0 unspecified atom stereocenters. The molecule has 0 bridgehead atoms. The molecule has 7 nitrogen and oxygen atoms in total. The number of nitrogens with zero attached hydrogens (tertiary/aromatic N) is 4. The second-order valence-corrected chi connectivity index (χ2v) is 5.38. The van der Waals surface area contributed by atoms with Crippen molar-refractivity contribution < 1.29 is 14.3 Å². The van der Waals surface area contributed by atoms with Gasteiger partial charge in [0.25, 0.3) is 0 Å². The number of anilines is 2. The molecule has 7 heteroatoms. The number of carbonyl (C=O) groups is 1. The molecular formula is C17H20N4O3. The van der Waals surface area contributed by atoms with Gasteiger partial charge in [0.2, 0.25) is 5.88 Å². The quantitative estimate of drug-likeness (QED) is 0.790. The largest absolute Gasteiger partial charge is 0.480 e. The molecule has 2 aromatic heterocycles. The van der Waals surface area contributed by atoms with Gasteiger partial charge >= 0.3 is 5.97 Å². The molecule has 1 saturated heterocycles. The topological polar surface area (TPSA) is 67.8 Å². The van der Waals surface area contributed by atoms with Crippen LogP contribution in [0.1, 0.15) is 10.4 Å². The van der Waals surface area contributed by atoms with Crippen molar-refractivity contribution in [2.24, 2.45) is 0 Å². The maximum Gasteiger partial charge on any atom is 0.343 e. The first-order valence-electron chi connectivity index (χ1n) is 7.77. The number of hydrogen-bond acceptors (Lipinski definition) is 7. The number of ether oxygens (including phenoxy) is 2. The molecule has 0 N–H and O–H groups in total. The minimum atomic E-state index is -0.453. The van der Waals surface area contributed by atoms with Crippen LogP contribution in [0.3, 0.4) is 0 Å². The summed E-state index contributed by atoms with van der Waals surface area (Å²) >= 11 is 0. The van der Waals surface area contributed by atoms with E-state index < -0.39 is 5.97 Å². The van der Waals surface area contributed by atoms with Gasteiger partial charge in [-0.15, -0.1) is 0 Å². The molecule has 1 aliphatic rings. The third kappa shape index (κ3) is 3.24. The van der Waals surface area contributed by atoms with E-state index in [0.717, 1.165) is 37.8 Å². The molecule has 0 radical (unpaired) electrons. The minimum absolute atomic E-state index is 0.284. The first kappa shape index (κ1) is 16.0. The van der Waals surface area contributed by atoms with Crippen LogP contribution >= 0.6 is 0 Å². The summed E-state index contributed by atoms with van der Waals surface area (Å²) in [4.78, 5) is 25.0. The highest BCUT2D eigenvalue weighted by Crippen LogP contribution is 2.23. The molecule has 0 aromatic carbocycles. The summed E-state index contributed by atoms with van der Waals surface area (Å²) in [5.74, 6) is 1.61. The fourth-order valence-electron chi connectivity index (χ4n) is 2.73. The molecule has 0 saturated carbocycles. The second-order valence-electron chi connectivity index (χ2n) is 5.38. The number of hydrogen-bond donors (Lipinski definition) is 0. The van der Waals surface area contributed by atoms with Gasteiger partial charge in [-0.05, 0) is 24.3 Å². The van der Waals surface area contributed by atoms with Gasteiger partial charge in [0, 0.05) is 32.4 Å². The average Bonchev–Trinajstić information content (AvgIpc) is 2.67. The van der Waals surface area contributed by atoms with E-state index in [0.29, 0.717) is 5.56 Å². The van der Waals surface area contributed by atoms with Crippen molar-refractivity contribution in [3.63, 3.8) is 0 Å². The highest BCUT2D eigenvalue weighted by molar-refractivity contribution is 5.92. The summed E-state index contributed by atoms with van der Waals surface area (Å²) in [5, 5.41) is 0. The summed E-state index contributed by atoms with van der Waals surface area (Å²) in [6, 6.07) is 9.44. The summed E-state index contributed by atoms with van der Waals surface area (Å²) in [7, 11) is 2.84. The van der Waals surface area contributed by atoms with Crippen molar-refractivity contribution in [2.75, 3.05) is 50.2 Å². The molecule has 2 aromatic rings. The predicted octanol–water partition coefficient (Wildman–Crippen LogP) is 1.60. The van der Waals surface area contributed by atoms with Crippen LogP contribution < -0.4 is 14.5 Å². The van der Waals surface area contributed by atoms with E-state index in [1.165, 1.54) is 14.2 Å². The van der Waals surface area contributed by atoms with Gasteiger partial charge < -0.3 is 19.3 Å². The van der Waals surface area contributed by atoms with E-state index in [1.54, 1.807) is 12.3 Å². The maximum absolute atomic E-state index is 11.7. The predicted molar refractivity (Wildman–Crippen MR) is 90.8 cm³/mol. The number of carbonyl (C=O) groups excluding carboxylic acids is 1. The van der Waals surface area contributed by atoms with Gasteiger partial charge in [-0.2, -0.15) is 4.98 Å². The molecule has 1 fully saturated rings. The zero-order valence-corrected chi connectivity index (χ0v) is 13.8. The number of piperazine rings is 1. The lowest BCUT2D eigenvalue weighted by Gasteiger charge is -2.36. The Labute approximate surface area is 140 Å². The Morgan fingerprint density at radius 3 is 2.29 bits per heavy atom. The Kier molecular flexibility index (Phi) is 4.79. The average molecular weight is 328 g/mol. The standard InChI is InChI=1S/C17H20N4O3/c1-23-16-13(17(22)24-2)6-7-15(19-16)21-11-9-20(10-12-21)14-5-3-4-8-18-14/h3-8H,9-12H2,1-2H3. The van der Waals surface area contributed by atoms with Crippen molar-refractivity contribution >= 4 is 17.6 Å². The van der Waals surface area contributed by atoms with Gasteiger partial charge in [0.05, 0.1) is 14.2 Å². The van der Waals surface area contributed by atoms with Crippen LogP contribution in [0.25, 0.3) is 0 Å². The summed E-state index contributed by atoms with van der Waals surface area (Å²) < 4.78 is 9.97. The minimum Gasteiger partial charge on any atom is -0.480 e. The van der Waals surface area contributed by atoms with E-state index in [-0.39, 0.29) is 5.88 Å². The Bertz CT molecular complexity index is 700. The lowest BCUT2D eigenvalue weighted by atomic mass is 10.2. The van der Waals surface area contributed by atoms with Crippen LogP contribution in [0.15, 0.2) is 36.5 Å². The van der Waals surface area contributed by atoms with Crippen LogP contribution in [-0.4, -0.2) is 56.3 Å². The Morgan fingerprint density at radius 2 is 1.71 bits per heavy atom. The molecule has 3 rings (SSSR count). The molecule has 0 amide bonds. The third-order valence-corrected chi connectivity index (χ3v) is 4.02. The number of pyridine rings is 2. The number of esters is 1. The summed E-state index contributed by atoms with van der Waals surface area (Å²) in [5.41, 5.74) is 0.330. The smallest absolute Gasteiger partial charge is 0.343 e. The van der Waals surface area contributed by atoms with E-state index in [4.69, 9.17) is 9.47 Å². The van der Waals surface area contributed by atoms with Crippen LogP contribution in [0.5, 0.6) is 5.88 Å². The number of rotatable bonds is 4. The van der Waals surface area contributed by atoms with Crippen molar-refractivity contribution in [2.45, 2.75) is 0 Å². The molecule has 126 valence electrons. The van der Waals surface area contributed by atoms with E-state index in [1.807, 2.05) is 24.3 Å². The van der Waals surface area contributed by atoms with Crippen molar-refractivity contribution in [3.8, 4) is 5.88 Å². The second kappa shape index (κ2) is 7.16. The lowest BCUT2D eigenvalue weighted by molar-refractivity contribution is 0.0596. The molecule has 0 atom stereocenters. The van der Waals surface area contributed by atoms with Crippen molar-refractivity contribution in [1.82, 2.24) is 9.97 Å². The van der Waals surface area contributed by atoms with Crippen molar-refractivity contribution in [1.29, 1.82) is 0 Å². The summed E-state index contributed by atoms with van der Waals surface area (Å²) in [6.07, 6.45) is 1.81. The Hall–Kier alpha value is -2.83. The first-order valence-corrected chi connectivity index (χ1v) is 7.77. The lowest BCUT2D eigenvalue weighted by Crippen LogP contribution is -2.47. The molecule has 3 heterocycles. The van der Waals surface area contributed by atoms with E-state index in [9.17, 15) is 4.79 Å². The Morgan fingerprint density at radius 1 is 1.00 bits per heavy atom. The monoisotopic (exact) mass is 328 g/mol. The van der Waals surface area contributed by atoms with Gasteiger partial charge in [0.1, 0.15) is 17.2 Å². The van der Waals surface area contributed by atoms with Gasteiger partial charge in [-0.1, -0.05) is 6.07 Å². The van der Waals surface area contributed by atoms with E-state index >= 15 is 0 Å². The fourth-order valence-corrected chi connectivity index (χ4v) is 2.73. The zero-order valence-electron chi connectivity index (χ0n) is 13.8. The third-order valence-electron chi connectivity index (χ3n) is 4.02. The highest BCUT2D eigenvalue weighted by atomic mass is 16.5. The van der Waals surface area contributed by atoms with Gasteiger partial charge in [0.15, 0.2) is 0 Å². The van der Waals surface area contributed by atoms with Crippen LogP contribution in [-0.2, 0) is 4.74 Å². The number of aromatic nitrogens is 2. The van der Waals surface area contributed by atoms with Crippen LogP contribution in [0, 0.1) is 0 Å².